The summed E-state index contributed by atoms with van der Waals surface area (Å²) in [7, 11) is 0. The van der Waals surface area contributed by atoms with Crippen LogP contribution in [0.1, 0.15) is 48.2 Å². The van der Waals surface area contributed by atoms with Gasteiger partial charge in [0.1, 0.15) is 17.5 Å². The first-order valence-electron chi connectivity index (χ1n) is 12.2. The molecule has 1 aromatic carbocycles. The van der Waals surface area contributed by atoms with Crippen LogP contribution in [0.2, 0.25) is 10.2 Å². The topological polar surface area (TPSA) is 142 Å². The summed E-state index contributed by atoms with van der Waals surface area (Å²) in [4.78, 5) is 35.4. The van der Waals surface area contributed by atoms with Crippen LogP contribution in [-0.2, 0) is 16.8 Å². The predicted molar refractivity (Wildman–Crippen MR) is 153 cm³/mol. The molecule has 0 radical (unpaired) electrons. The van der Waals surface area contributed by atoms with Crippen molar-refractivity contribution in [3.05, 3.63) is 82.0 Å². The molecule has 204 valence electrons. The van der Waals surface area contributed by atoms with Crippen LogP contribution < -0.4 is 16.4 Å². The molecule has 0 unspecified atom stereocenters. The Balaban J connectivity index is 1.59. The smallest absolute Gasteiger partial charge is 0.271 e. The van der Waals surface area contributed by atoms with Gasteiger partial charge in [-0.15, -0.1) is 0 Å². The van der Waals surface area contributed by atoms with Gasteiger partial charge in [0.15, 0.2) is 10.8 Å². The number of benzene rings is 1. The normalized spacial score (nSPS) is 13.5. The number of aromatic nitrogens is 3. The van der Waals surface area contributed by atoms with Gasteiger partial charge in [-0.1, -0.05) is 56.6 Å². The lowest BCUT2D eigenvalue weighted by atomic mass is 9.85. The van der Waals surface area contributed by atoms with Gasteiger partial charge in [0, 0.05) is 35.6 Å². The van der Waals surface area contributed by atoms with Crippen LogP contribution in [0, 0.1) is 5.41 Å². The highest BCUT2D eigenvalue weighted by atomic mass is 35.5. The lowest BCUT2D eigenvalue weighted by molar-refractivity contribution is -0.130. The number of rotatable bonds is 7. The summed E-state index contributed by atoms with van der Waals surface area (Å²) in [6.45, 7) is 10.4. The summed E-state index contributed by atoms with van der Waals surface area (Å²) in [5.74, 6) is 0.224. The van der Waals surface area contributed by atoms with Gasteiger partial charge in [0.05, 0.1) is 12.6 Å². The molecular weight excluding hydrogens is 539 g/mol. The Morgan fingerprint density at radius 1 is 1.26 bits per heavy atom. The number of carbonyl (C=O) groups excluding carboxylic acids is 2. The summed E-state index contributed by atoms with van der Waals surface area (Å²) in [5, 5.41) is 15.1. The third-order valence-corrected chi connectivity index (χ3v) is 6.92. The Kier molecular flexibility index (Phi) is 7.99. The third-order valence-electron chi connectivity index (χ3n) is 6.34. The van der Waals surface area contributed by atoms with Crippen molar-refractivity contribution in [2.24, 2.45) is 0 Å². The first-order chi connectivity index (χ1) is 18.4. The monoisotopic (exact) mass is 568 g/mol. The first-order valence-corrected chi connectivity index (χ1v) is 13.0. The lowest BCUT2D eigenvalue weighted by Crippen LogP contribution is -2.60. The van der Waals surface area contributed by atoms with Crippen LogP contribution in [0.4, 0.5) is 5.69 Å². The summed E-state index contributed by atoms with van der Waals surface area (Å²) in [5.41, 5.74) is 7.77. The number of imidazole rings is 1. The van der Waals surface area contributed by atoms with Crippen LogP contribution in [-0.4, -0.2) is 56.2 Å². The van der Waals surface area contributed by atoms with Crippen molar-refractivity contribution >= 4 is 46.5 Å². The van der Waals surface area contributed by atoms with Gasteiger partial charge >= 0.3 is 0 Å². The van der Waals surface area contributed by atoms with E-state index in [1.54, 1.807) is 39.9 Å². The molecule has 12 heteroatoms. The van der Waals surface area contributed by atoms with E-state index in [0.29, 0.717) is 41.0 Å². The fourth-order valence-electron chi connectivity index (χ4n) is 4.26. The number of carbonyl (C=O) groups is 2. The summed E-state index contributed by atoms with van der Waals surface area (Å²) in [6, 6.07) is 8.48. The summed E-state index contributed by atoms with van der Waals surface area (Å²) < 4.78 is 1.55. The maximum Gasteiger partial charge on any atom is 0.271 e. The molecule has 1 fully saturated rings. The standard InChI is InChI=1S/C27H30Cl2N8O2/c1-5-22(38)36-13-15(14-36)34-26(39)23-24(29)35-21(37(23)20-8-6-7-9-32-20)12-33-25(31)16-10-17(27(2,3)4)18(28)11-19(16)30/h5-11,15H,1,12-14,30H2,2-4H3,(H2,31,33)(H,34,39). The second-order valence-electron chi connectivity index (χ2n) is 10.2. The molecule has 2 aromatic heterocycles. The number of nitrogens with one attached hydrogen (secondary N) is 3. The van der Waals surface area contributed by atoms with Crippen LogP contribution >= 0.6 is 23.2 Å². The number of pyridine rings is 1. The lowest BCUT2D eigenvalue weighted by Gasteiger charge is -2.38. The van der Waals surface area contributed by atoms with Crippen LogP contribution in [0.5, 0.6) is 0 Å². The van der Waals surface area contributed by atoms with Crippen LogP contribution in [0.25, 0.3) is 5.82 Å². The molecule has 4 rings (SSSR count). The SMILES string of the molecule is C=CC(=O)N1CC(NC(=O)c2c(Cl)nc(CNC(=N)c3cc(C(C)(C)C)c(Cl)cc3N)n2-c2ccccn2)C1. The predicted octanol–water partition coefficient (Wildman–Crippen LogP) is 3.70. The molecule has 2 amide bonds. The van der Waals surface area contributed by atoms with Crippen molar-refractivity contribution in [1.29, 1.82) is 5.41 Å². The van der Waals surface area contributed by atoms with Crippen molar-refractivity contribution in [2.45, 2.75) is 38.8 Å². The molecular formula is C27H30Cl2N8O2. The highest BCUT2D eigenvalue weighted by molar-refractivity contribution is 6.32. The number of nitrogens with two attached hydrogens (primary N) is 1. The average Bonchev–Trinajstić information content (AvgIpc) is 3.19. The second kappa shape index (κ2) is 11.1. The molecule has 3 aromatic rings. The summed E-state index contributed by atoms with van der Waals surface area (Å²) in [6.07, 6.45) is 2.83. The molecule has 1 saturated heterocycles. The zero-order valence-electron chi connectivity index (χ0n) is 21.9. The van der Waals surface area contributed by atoms with Crippen LogP contribution in [0.3, 0.4) is 0 Å². The molecule has 0 bridgehead atoms. The van der Waals surface area contributed by atoms with Crippen molar-refractivity contribution in [3.8, 4) is 5.82 Å². The van der Waals surface area contributed by atoms with Crippen LogP contribution in [0.15, 0.2) is 49.2 Å². The molecule has 0 aliphatic carbocycles. The molecule has 10 nitrogen and oxygen atoms in total. The largest absolute Gasteiger partial charge is 0.398 e. The molecule has 5 N–H and O–H groups in total. The van der Waals surface area contributed by atoms with Gasteiger partial charge in [-0.25, -0.2) is 9.97 Å². The fourth-order valence-corrected chi connectivity index (χ4v) is 4.98. The van der Waals surface area contributed by atoms with E-state index in [1.165, 1.54) is 6.08 Å². The number of hydrogen-bond acceptors (Lipinski definition) is 6. The minimum absolute atomic E-state index is 0.0131. The van der Waals surface area contributed by atoms with Gasteiger partial charge in [0.2, 0.25) is 5.91 Å². The average molecular weight is 569 g/mol. The number of halogens is 2. The highest BCUT2D eigenvalue weighted by Crippen LogP contribution is 2.33. The molecule has 1 aliphatic heterocycles. The maximum absolute atomic E-state index is 13.3. The number of hydrogen-bond donors (Lipinski definition) is 4. The van der Waals surface area contributed by atoms with Gasteiger partial charge in [0.25, 0.3) is 5.91 Å². The number of amides is 2. The fraction of sp³-hybridized carbons (Fsp3) is 0.296. The van der Waals surface area contributed by atoms with E-state index in [1.807, 2.05) is 26.8 Å². The molecule has 1 aliphatic rings. The molecule has 3 heterocycles. The quantitative estimate of drug-likeness (QED) is 0.148. The Morgan fingerprint density at radius 2 is 1.97 bits per heavy atom. The Hall–Kier alpha value is -3.89. The van der Waals surface area contributed by atoms with E-state index in [2.05, 4.69) is 27.2 Å². The van der Waals surface area contributed by atoms with Gasteiger partial charge in [-0.05, 0) is 41.3 Å². The van der Waals surface area contributed by atoms with E-state index >= 15 is 0 Å². The number of nitrogen functional groups attached to an aromatic ring is 1. The number of amidine groups is 1. The van der Waals surface area contributed by atoms with E-state index < -0.39 is 5.91 Å². The minimum Gasteiger partial charge on any atom is -0.398 e. The minimum atomic E-state index is -0.452. The van der Waals surface area contributed by atoms with E-state index in [4.69, 9.17) is 34.3 Å². The van der Waals surface area contributed by atoms with E-state index in [0.717, 1.165) is 5.56 Å². The molecule has 0 atom stereocenters. The Bertz CT molecular complexity index is 1440. The van der Waals surface area contributed by atoms with Gasteiger partial charge in [-0.2, -0.15) is 0 Å². The van der Waals surface area contributed by atoms with Crippen molar-refractivity contribution < 1.29 is 9.59 Å². The maximum atomic E-state index is 13.3. The zero-order chi connectivity index (χ0) is 28.5. The molecule has 39 heavy (non-hydrogen) atoms. The number of nitrogens with zero attached hydrogens (tertiary/aromatic N) is 4. The van der Waals surface area contributed by atoms with E-state index in [9.17, 15) is 9.59 Å². The number of likely N-dealkylation sites (tertiary alicyclic amines) is 1. The van der Waals surface area contributed by atoms with Crippen molar-refractivity contribution in [3.63, 3.8) is 0 Å². The van der Waals surface area contributed by atoms with E-state index in [-0.39, 0.29) is 40.6 Å². The second-order valence-corrected chi connectivity index (χ2v) is 11.0. The van der Waals surface area contributed by atoms with Crippen molar-refractivity contribution in [1.82, 2.24) is 30.1 Å². The Morgan fingerprint density at radius 3 is 2.59 bits per heavy atom. The number of anilines is 1. The molecule has 0 spiro atoms. The van der Waals surface area contributed by atoms with Gasteiger partial charge < -0.3 is 21.3 Å². The van der Waals surface area contributed by atoms with Crippen molar-refractivity contribution in [2.75, 3.05) is 18.8 Å². The summed E-state index contributed by atoms with van der Waals surface area (Å²) >= 11 is 12.9. The molecule has 0 saturated carbocycles. The highest BCUT2D eigenvalue weighted by Gasteiger charge is 2.33. The zero-order valence-corrected chi connectivity index (χ0v) is 23.4. The third kappa shape index (κ3) is 5.91. The van der Waals surface area contributed by atoms with Gasteiger partial charge in [-0.3, -0.25) is 19.6 Å². The first kappa shape index (κ1) is 28.1. The Labute approximate surface area is 236 Å².